The van der Waals surface area contributed by atoms with Crippen molar-refractivity contribution in [3.63, 3.8) is 0 Å². The van der Waals surface area contributed by atoms with Gasteiger partial charge in [-0.05, 0) is 23.8 Å². The molecule has 5 rings (SSSR count). The summed E-state index contributed by atoms with van der Waals surface area (Å²) in [7, 11) is 0. The van der Waals surface area contributed by atoms with E-state index in [-0.39, 0.29) is 13.2 Å². The summed E-state index contributed by atoms with van der Waals surface area (Å²) in [5.74, 6) is 0.789. The van der Waals surface area contributed by atoms with E-state index >= 15 is 0 Å². The zero-order valence-electron chi connectivity index (χ0n) is 20.4. The van der Waals surface area contributed by atoms with Crippen LogP contribution in [0.3, 0.4) is 0 Å². The number of halogens is 3. The minimum atomic E-state index is -4.43. The SMILES string of the molecule is CC(=O)OC[C@@H]1CN(Cc2cccc(C(F)(F)F)c2)C[C@H](n2cnc3c(NCc4ccco4)ncnc32)O1. The molecule has 1 aliphatic rings. The highest BCUT2D eigenvalue weighted by Gasteiger charge is 2.33. The summed E-state index contributed by atoms with van der Waals surface area (Å²) >= 11 is 0. The number of imidazole rings is 1. The van der Waals surface area contributed by atoms with Crippen LogP contribution in [0, 0.1) is 0 Å². The fraction of sp³-hybridized carbons (Fsp3) is 0.360. The summed E-state index contributed by atoms with van der Waals surface area (Å²) in [5, 5.41) is 3.19. The minimum absolute atomic E-state index is 0.00247. The van der Waals surface area contributed by atoms with Crippen LogP contribution in [-0.2, 0) is 33.5 Å². The summed E-state index contributed by atoms with van der Waals surface area (Å²) in [6.07, 6.45) is -0.964. The van der Waals surface area contributed by atoms with E-state index in [2.05, 4.69) is 20.3 Å². The van der Waals surface area contributed by atoms with Gasteiger partial charge in [0.05, 0.1) is 24.7 Å². The molecule has 38 heavy (non-hydrogen) atoms. The van der Waals surface area contributed by atoms with Crippen LogP contribution in [0.5, 0.6) is 0 Å². The van der Waals surface area contributed by atoms with Crippen molar-refractivity contribution in [2.24, 2.45) is 0 Å². The maximum absolute atomic E-state index is 13.2. The summed E-state index contributed by atoms with van der Waals surface area (Å²) in [6, 6.07) is 8.86. The molecular formula is C25H25F3N6O4. The van der Waals surface area contributed by atoms with Gasteiger partial charge >= 0.3 is 12.1 Å². The van der Waals surface area contributed by atoms with E-state index in [4.69, 9.17) is 13.9 Å². The van der Waals surface area contributed by atoms with Gasteiger partial charge in [0.1, 0.15) is 31.0 Å². The molecular weight excluding hydrogens is 505 g/mol. The maximum atomic E-state index is 13.2. The highest BCUT2D eigenvalue weighted by molar-refractivity contribution is 5.82. The van der Waals surface area contributed by atoms with Crippen molar-refractivity contribution in [1.29, 1.82) is 0 Å². The number of aromatic nitrogens is 4. The zero-order chi connectivity index (χ0) is 26.7. The monoisotopic (exact) mass is 530 g/mol. The number of furan rings is 1. The molecule has 0 aliphatic carbocycles. The first kappa shape index (κ1) is 25.7. The first-order valence-electron chi connectivity index (χ1n) is 11.9. The molecule has 0 radical (unpaired) electrons. The number of nitrogens with one attached hydrogen (secondary N) is 1. The Balaban J connectivity index is 1.38. The van der Waals surface area contributed by atoms with Gasteiger partial charge in [0.15, 0.2) is 17.0 Å². The minimum Gasteiger partial charge on any atom is -0.467 e. The van der Waals surface area contributed by atoms with Crippen LogP contribution in [0.4, 0.5) is 19.0 Å². The van der Waals surface area contributed by atoms with Gasteiger partial charge in [0.25, 0.3) is 0 Å². The summed E-state index contributed by atoms with van der Waals surface area (Å²) < 4.78 is 58.2. The van der Waals surface area contributed by atoms with Gasteiger partial charge in [-0.15, -0.1) is 0 Å². The van der Waals surface area contributed by atoms with Crippen LogP contribution in [-0.4, -0.2) is 56.2 Å². The number of alkyl halides is 3. The number of hydrogen-bond acceptors (Lipinski definition) is 9. The smallest absolute Gasteiger partial charge is 0.416 e. The first-order chi connectivity index (χ1) is 18.3. The molecule has 1 aliphatic heterocycles. The Bertz CT molecular complexity index is 1390. The Labute approximate surface area is 215 Å². The zero-order valence-corrected chi connectivity index (χ0v) is 20.4. The Hall–Kier alpha value is -3.97. The van der Waals surface area contributed by atoms with Crippen molar-refractivity contribution in [3.05, 3.63) is 72.2 Å². The molecule has 1 aromatic carbocycles. The molecule has 0 saturated carbocycles. The normalized spacial score (nSPS) is 18.5. The van der Waals surface area contributed by atoms with Crippen molar-refractivity contribution in [1.82, 2.24) is 24.4 Å². The summed E-state index contributed by atoms with van der Waals surface area (Å²) in [6.45, 7) is 2.66. The van der Waals surface area contributed by atoms with Gasteiger partial charge in [0.2, 0.25) is 0 Å². The second kappa shape index (κ2) is 10.8. The fourth-order valence-electron chi connectivity index (χ4n) is 4.36. The number of ether oxygens (including phenoxy) is 2. The average molecular weight is 531 g/mol. The Kier molecular flexibility index (Phi) is 7.29. The van der Waals surface area contributed by atoms with E-state index in [0.29, 0.717) is 42.2 Å². The number of rotatable bonds is 8. The van der Waals surface area contributed by atoms with Crippen LogP contribution in [0.2, 0.25) is 0 Å². The third-order valence-corrected chi connectivity index (χ3v) is 6.04. The predicted molar refractivity (Wildman–Crippen MR) is 129 cm³/mol. The van der Waals surface area contributed by atoms with Gasteiger partial charge in [-0.3, -0.25) is 14.3 Å². The number of carbonyl (C=O) groups is 1. The highest BCUT2D eigenvalue weighted by Crippen LogP contribution is 2.31. The van der Waals surface area contributed by atoms with Crippen molar-refractivity contribution in [3.8, 4) is 0 Å². The number of anilines is 1. The molecule has 200 valence electrons. The molecule has 4 aromatic rings. The number of morpholine rings is 1. The average Bonchev–Trinajstić information content (AvgIpc) is 3.56. The van der Waals surface area contributed by atoms with Gasteiger partial charge in [-0.25, -0.2) is 15.0 Å². The lowest BCUT2D eigenvalue weighted by Gasteiger charge is -2.38. The molecule has 1 fully saturated rings. The molecule has 2 atom stereocenters. The van der Waals surface area contributed by atoms with E-state index in [0.717, 1.165) is 17.9 Å². The van der Waals surface area contributed by atoms with Crippen molar-refractivity contribution < 1.29 is 31.9 Å². The van der Waals surface area contributed by atoms with E-state index in [9.17, 15) is 18.0 Å². The molecule has 10 nitrogen and oxygen atoms in total. The third kappa shape index (κ3) is 5.94. The quantitative estimate of drug-likeness (QED) is 0.338. The maximum Gasteiger partial charge on any atom is 0.416 e. The van der Waals surface area contributed by atoms with Crippen molar-refractivity contribution >= 4 is 23.0 Å². The van der Waals surface area contributed by atoms with E-state index in [1.165, 1.54) is 19.3 Å². The highest BCUT2D eigenvalue weighted by atomic mass is 19.4. The Morgan fingerprint density at radius 1 is 1.18 bits per heavy atom. The van der Waals surface area contributed by atoms with Crippen LogP contribution in [0.25, 0.3) is 11.2 Å². The number of fused-ring (bicyclic) bond motifs is 1. The Morgan fingerprint density at radius 3 is 2.82 bits per heavy atom. The largest absolute Gasteiger partial charge is 0.467 e. The third-order valence-electron chi connectivity index (χ3n) is 6.04. The molecule has 4 heterocycles. The van der Waals surface area contributed by atoms with Crippen LogP contribution in [0.15, 0.2) is 59.7 Å². The molecule has 0 unspecified atom stereocenters. The summed E-state index contributed by atoms with van der Waals surface area (Å²) in [5.41, 5.74) is 0.838. The van der Waals surface area contributed by atoms with Gasteiger partial charge in [-0.1, -0.05) is 18.2 Å². The Morgan fingerprint density at radius 2 is 2.05 bits per heavy atom. The summed E-state index contributed by atoms with van der Waals surface area (Å²) in [4.78, 5) is 26.5. The molecule has 3 aromatic heterocycles. The number of hydrogen-bond donors (Lipinski definition) is 1. The fourth-order valence-corrected chi connectivity index (χ4v) is 4.36. The van der Waals surface area contributed by atoms with Crippen LogP contribution < -0.4 is 5.32 Å². The predicted octanol–water partition coefficient (Wildman–Crippen LogP) is 4.01. The van der Waals surface area contributed by atoms with Gasteiger partial charge in [-0.2, -0.15) is 13.2 Å². The number of nitrogens with zero attached hydrogens (tertiary/aromatic N) is 5. The second-order valence-electron chi connectivity index (χ2n) is 8.89. The molecule has 1 saturated heterocycles. The number of benzene rings is 1. The van der Waals surface area contributed by atoms with Crippen molar-refractivity contribution in [2.45, 2.75) is 38.5 Å². The molecule has 13 heteroatoms. The number of esters is 1. The second-order valence-corrected chi connectivity index (χ2v) is 8.89. The lowest BCUT2D eigenvalue weighted by Crippen LogP contribution is -2.47. The molecule has 0 spiro atoms. The topological polar surface area (TPSA) is 108 Å². The lowest BCUT2D eigenvalue weighted by atomic mass is 10.1. The molecule has 1 N–H and O–H groups in total. The van der Waals surface area contributed by atoms with Gasteiger partial charge in [0, 0.05) is 26.6 Å². The molecule has 0 amide bonds. The lowest BCUT2D eigenvalue weighted by molar-refractivity contribution is -0.162. The molecule has 0 bridgehead atoms. The standard InChI is InChI=1S/C25H25F3N6O4/c1-16(35)37-13-20-11-33(10-17-4-2-5-18(8-17)25(26,27)28)12-21(38-20)34-15-32-22-23(30-14-31-24(22)34)29-9-19-6-3-7-36-19/h2-8,14-15,20-21H,9-13H2,1H3,(H,29,30,31)/t20-,21+/m0/s1. The van der Waals surface area contributed by atoms with E-state index < -0.39 is 30.0 Å². The first-order valence-corrected chi connectivity index (χ1v) is 11.9. The van der Waals surface area contributed by atoms with E-state index in [1.807, 2.05) is 11.0 Å². The van der Waals surface area contributed by atoms with Crippen molar-refractivity contribution in [2.75, 3.05) is 25.0 Å². The number of carbonyl (C=O) groups excluding carboxylic acids is 1. The van der Waals surface area contributed by atoms with E-state index in [1.54, 1.807) is 29.3 Å². The van der Waals surface area contributed by atoms with Crippen LogP contribution in [0.1, 0.15) is 30.0 Å². The van der Waals surface area contributed by atoms with Gasteiger partial charge < -0.3 is 19.2 Å². The van der Waals surface area contributed by atoms with Crippen LogP contribution >= 0.6 is 0 Å².